The molecule has 0 spiro atoms. The van der Waals surface area contributed by atoms with Crippen molar-refractivity contribution in [2.75, 3.05) is 40.4 Å². The smallest absolute Gasteiger partial charge is 0.164 e. The van der Waals surface area contributed by atoms with Crippen molar-refractivity contribution in [3.8, 4) is 51.3 Å². The molecule has 0 N–H and O–H groups in total. The number of rotatable bonds is 16. The van der Waals surface area contributed by atoms with Crippen LogP contribution in [-0.2, 0) is 19.4 Å². The third-order valence-corrected chi connectivity index (χ3v) is 11.4. The van der Waals surface area contributed by atoms with Gasteiger partial charge in [-0.15, -0.1) is 0 Å². The number of hydrogen-bond donors (Lipinski definition) is 0. The summed E-state index contributed by atoms with van der Waals surface area (Å²) in [5.41, 5.74) is 10.1. The van der Waals surface area contributed by atoms with Gasteiger partial charge in [-0.25, -0.2) is 0 Å². The van der Waals surface area contributed by atoms with Crippen molar-refractivity contribution in [2.45, 2.75) is 83.2 Å². The average molecular weight is 742 g/mol. The molecule has 0 amide bonds. The van der Waals surface area contributed by atoms with Crippen LogP contribution in [0, 0.1) is 5.92 Å². The quantitative estimate of drug-likeness (QED) is 0.0990. The molecule has 2 aliphatic rings. The Kier molecular flexibility index (Phi) is 12.1. The molecule has 2 aliphatic carbocycles. The minimum absolute atomic E-state index is 0.378. The van der Waals surface area contributed by atoms with Gasteiger partial charge < -0.3 is 28.6 Å². The summed E-state index contributed by atoms with van der Waals surface area (Å²) in [6.45, 7) is 2.94. The maximum atomic E-state index is 5.93. The number of benzene rings is 3. The fourth-order valence-corrected chi connectivity index (χ4v) is 8.44. The number of hydrogen-bond acceptors (Lipinski definition) is 8. The number of ether oxygens (including phenoxy) is 5. The first kappa shape index (κ1) is 38.1. The first-order chi connectivity index (χ1) is 27.0. The van der Waals surface area contributed by atoms with Crippen LogP contribution in [0.4, 0.5) is 5.69 Å². The van der Waals surface area contributed by atoms with Crippen LogP contribution in [0.5, 0.6) is 28.7 Å². The standard InChI is InChI=1S/C47H55N3O5/c1-7-10-35-26-36(28-44(52-3)46(35)54-5)40-24-32(19-21-48-40)23-31-13-17-38(18-14-31)50(42-11-8-9-12-43(42)51-2)30-33-20-22-49-41(25-33)37-27-39(34-15-16-34)47(55-6)45(29-37)53-4/h8-9,11-12,19-22,24-29,31,34,38H,7,10,13-18,23,30H2,1-6H3. The lowest BCUT2D eigenvalue weighted by Gasteiger charge is -2.39. The number of pyridine rings is 2. The van der Waals surface area contributed by atoms with Gasteiger partial charge in [-0.3, -0.25) is 9.97 Å². The zero-order valence-corrected chi connectivity index (χ0v) is 33.3. The van der Waals surface area contributed by atoms with Gasteiger partial charge >= 0.3 is 0 Å². The van der Waals surface area contributed by atoms with E-state index in [9.17, 15) is 0 Å². The van der Waals surface area contributed by atoms with Crippen molar-refractivity contribution in [2.24, 2.45) is 5.92 Å². The fourth-order valence-electron chi connectivity index (χ4n) is 8.44. The molecule has 8 heteroatoms. The van der Waals surface area contributed by atoms with Gasteiger partial charge in [-0.2, -0.15) is 0 Å². The summed E-state index contributed by atoms with van der Waals surface area (Å²) in [5, 5.41) is 0. The molecule has 55 heavy (non-hydrogen) atoms. The van der Waals surface area contributed by atoms with E-state index >= 15 is 0 Å². The van der Waals surface area contributed by atoms with Crippen molar-refractivity contribution < 1.29 is 23.7 Å². The third kappa shape index (κ3) is 8.54. The van der Waals surface area contributed by atoms with E-state index in [0.717, 1.165) is 114 Å². The molecule has 2 saturated carbocycles. The summed E-state index contributed by atoms with van der Waals surface area (Å²) >= 11 is 0. The molecule has 7 rings (SSSR count). The largest absolute Gasteiger partial charge is 0.495 e. The minimum Gasteiger partial charge on any atom is -0.495 e. The van der Waals surface area contributed by atoms with E-state index in [0.29, 0.717) is 17.9 Å². The lowest BCUT2D eigenvalue weighted by atomic mass is 9.81. The van der Waals surface area contributed by atoms with Gasteiger partial charge in [0, 0.05) is 41.7 Å². The lowest BCUT2D eigenvalue weighted by molar-refractivity contribution is 0.310. The van der Waals surface area contributed by atoms with Crippen LogP contribution < -0.4 is 28.6 Å². The van der Waals surface area contributed by atoms with Crippen LogP contribution in [0.25, 0.3) is 22.5 Å². The highest BCUT2D eigenvalue weighted by molar-refractivity contribution is 5.69. The van der Waals surface area contributed by atoms with Crippen LogP contribution >= 0.6 is 0 Å². The number of methoxy groups -OCH3 is 5. The summed E-state index contributed by atoms with van der Waals surface area (Å²) in [5.74, 6) is 5.17. The highest BCUT2D eigenvalue weighted by Gasteiger charge is 2.31. The maximum Gasteiger partial charge on any atom is 0.164 e. The zero-order chi connectivity index (χ0) is 38.3. The molecule has 0 radical (unpaired) electrons. The van der Waals surface area contributed by atoms with Gasteiger partial charge in [0.15, 0.2) is 23.0 Å². The second kappa shape index (κ2) is 17.5. The highest BCUT2D eigenvalue weighted by atomic mass is 16.5. The predicted octanol–water partition coefficient (Wildman–Crippen LogP) is 10.5. The lowest BCUT2D eigenvalue weighted by Crippen LogP contribution is -2.38. The second-order valence-corrected chi connectivity index (χ2v) is 15.0. The summed E-state index contributed by atoms with van der Waals surface area (Å²) in [6.07, 6.45) is 13.7. The second-order valence-electron chi connectivity index (χ2n) is 15.0. The highest BCUT2D eigenvalue weighted by Crippen LogP contribution is 2.49. The van der Waals surface area contributed by atoms with E-state index in [1.165, 1.54) is 29.5 Å². The van der Waals surface area contributed by atoms with Gasteiger partial charge in [0.1, 0.15) is 5.75 Å². The number of para-hydroxylation sites is 2. The Balaban J connectivity index is 1.09. The van der Waals surface area contributed by atoms with Crippen molar-refractivity contribution in [3.05, 3.63) is 107 Å². The monoisotopic (exact) mass is 741 g/mol. The minimum atomic E-state index is 0.378. The van der Waals surface area contributed by atoms with Crippen molar-refractivity contribution in [3.63, 3.8) is 0 Å². The van der Waals surface area contributed by atoms with Crippen molar-refractivity contribution >= 4 is 5.69 Å². The van der Waals surface area contributed by atoms with E-state index < -0.39 is 0 Å². The van der Waals surface area contributed by atoms with Crippen LogP contribution in [0.3, 0.4) is 0 Å². The van der Waals surface area contributed by atoms with Gasteiger partial charge in [0.25, 0.3) is 0 Å². The molecule has 5 aromatic rings. The molecule has 8 nitrogen and oxygen atoms in total. The molecule has 0 saturated heterocycles. The molecule has 2 aromatic heterocycles. The molecular formula is C47H55N3O5. The summed E-state index contributed by atoms with van der Waals surface area (Å²) < 4.78 is 29.0. The molecule has 2 fully saturated rings. The first-order valence-electron chi connectivity index (χ1n) is 19.8. The Hall–Kier alpha value is -5.24. The normalized spacial score (nSPS) is 16.7. The van der Waals surface area contributed by atoms with Crippen LogP contribution in [0.2, 0.25) is 0 Å². The number of nitrogens with zero attached hydrogens (tertiary/aromatic N) is 3. The number of aromatic nitrogens is 2. The molecular weight excluding hydrogens is 687 g/mol. The van der Waals surface area contributed by atoms with Gasteiger partial charge in [0.05, 0.1) is 52.6 Å². The molecule has 3 aromatic carbocycles. The van der Waals surface area contributed by atoms with E-state index in [1.807, 2.05) is 24.5 Å². The van der Waals surface area contributed by atoms with Gasteiger partial charge in [-0.05, 0) is 141 Å². The Labute approximate surface area is 326 Å². The first-order valence-corrected chi connectivity index (χ1v) is 19.8. The SMILES string of the molecule is CCCc1cc(-c2cc(CC3CCC(N(Cc4ccnc(-c5cc(OC)c(OC)c(C6CC6)c5)c4)c4ccccc4OC)CC3)ccn2)cc(OC)c1OC. The van der Waals surface area contributed by atoms with Crippen LogP contribution in [-0.4, -0.2) is 51.6 Å². The van der Waals surface area contributed by atoms with Crippen molar-refractivity contribution in [1.82, 2.24) is 9.97 Å². The third-order valence-electron chi connectivity index (χ3n) is 11.4. The molecule has 0 atom stereocenters. The summed E-state index contributed by atoms with van der Waals surface area (Å²) in [6, 6.07) is 26.2. The summed E-state index contributed by atoms with van der Waals surface area (Å²) in [4.78, 5) is 12.2. The van der Waals surface area contributed by atoms with E-state index in [-0.39, 0.29) is 0 Å². The predicted molar refractivity (Wildman–Crippen MR) is 220 cm³/mol. The Bertz CT molecular complexity index is 2070. The van der Waals surface area contributed by atoms with E-state index in [4.69, 9.17) is 33.7 Å². The Morgan fingerprint density at radius 2 is 1.24 bits per heavy atom. The van der Waals surface area contributed by atoms with E-state index in [2.05, 4.69) is 72.5 Å². The Morgan fingerprint density at radius 3 is 1.87 bits per heavy atom. The van der Waals surface area contributed by atoms with Crippen molar-refractivity contribution in [1.29, 1.82) is 0 Å². The average Bonchev–Trinajstić information content (AvgIpc) is 4.08. The Morgan fingerprint density at radius 1 is 0.618 bits per heavy atom. The van der Waals surface area contributed by atoms with Crippen LogP contribution in [0.1, 0.15) is 80.0 Å². The van der Waals surface area contributed by atoms with Gasteiger partial charge in [0.2, 0.25) is 0 Å². The maximum absolute atomic E-state index is 5.93. The molecule has 0 unspecified atom stereocenters. The molecule has 0 aliphatic heterocycles. The topological polar surface area (TPSA) is 75.2 Å². The fraction of sp³-hybridized carbons (Fsp3) is 0.404. The summed E-state index contributed by atoms with van der Waals surface area (Å²) in [7, 11) is 8.61. The van der Waals surface area contributed by atoms with E-state index in [1.54, 1.807) is 35.5 Å². The molecule has 288 valence electrons. The molecule has 0 bridgehead atoms. The zero-order valence-electron chi connectivity index (χ0n) is 33.3. The van der Waals surface area contributed by atoms with Crippen LogP contribution in [0.15, 0.2) is 85.2 Å². The number of aryl methyl sites for hydroxylation is 1. The number of anilines is 1. The molecule has 2 heterocycles. The van der Waals surface area contributed by atoms with Gasteiger partial charge in [-0.1, -0.05) is 25.5 Å².